The number of nitrogens with zero attached hydrogens (tertiary/aromatic N) is 1. The Labute approximate surface area is 137 Å². The fourth-order valence-corrected chi connectivity index (χ4v) is 3.26. The van der Waals surface area contributed by atoms with Gasteiger partial charge in [0.25, 0.3) is 5.91 Å². The Morgan fingerprint density at radius 1 is 0.957 bits per heavy atom. The van der Waals surface area contributed by atoms with E-state index in [4.69, 9.17) is 5.26 Å². The molecule has 0 atom stereocenters. The summed E-state index contributed by atoms with van der Waals surface area (Å²) in [6.07, 6.45) is 4.26. The molecule has 3 nitrogen and oxygen atoms in total. The van der Waals surface area contributed by atoms with Gasteiger partial charge in [0.1, 0.15) is 0 Å². The lowest BCUT2D eigenvalue weighted by molar-refractivity contribution is 0.0926. The average molecular weight is 304 g/mol. The van der Waals surface area contributed by atoms with Gasteiger partial charge in [0.15, 0.2) is 0 Å². The number of hydrogen-bond acceptors (Lipinski definition) is 2. The molecule has 2 aromatic rings. The van der Waals surface area contributed by atoms with Crippen LogP contribution in [0.5, 0.6) is 0 Å². The van der Waals surface area contributed by atoms with Crippen LogP contribution >= 0.6 is 0 Å². The van der Waals surface area contributed by atoms with E-state index in [-0.39, 0.29) is 11.9 Å². The first-order valence-electron chi connectivity index (χ1n) is 8.12. The summed E-state index contributed by atoms with van der Waals surface area (Å²) in [6.45, 7) is 0. The molecule has 1 amide bonds. The third kappa shape index (κ3) is 3.78. The second-order valence-corrected chi connectivity index (χ2v) is 6.12. The Morgan fingerprint density at radius 3 is 2.22 bits per heavy atom. The smallest absolute Gasteiger partial charge is 0.251 e. The highest BCUT2D eigenvalue weighted by Gasteiger charge is 2.23. The van der Waals surface area contributed by atoms with Crippen LogP contribution in [0, 0.1) is 11.3 Å². The third-order valence-corrected chi connectivity index (χ3v) is 4.61. The summed E-state index contributed by atoms with van der Waals surface area (Å²) in [5.74, 6) is 0.567. The molecule has 0 heterocycles. The summed E-state index contributed by atoms with van der Waals surface area (Å²) in [7, 11) is 0. The van der Waals surface area contributed by atoms with Crippen molar-refractivity contribution in [3.8, 4) is 6.07 Å². The van der Waals surface area contributed by atoms with E-state index < -0.39 is 0 Å². The van der Waals surface area contributed by atoms with Gasteiger partial charge in [-0.2, -0.15) is 5.26 Å². The predicted molar refractivity (Wildman–Crippen MR) is 90.1 cm³/mol. The highest BCUT2D eigenvalue weighted by atomic mass is 16.1. The van der Waals surface area contributed by atoms with E-state index in [9.17, 15) is 4.79 Å². The Bertz CT molecular complexity index is 693. The molecule has 0 aliphatic heterocycles. The fraction of sp³-hybridized carbons (Fsp3) is 0.300. The molecule has 116 valence electrons. The van der Waals surface area contributed by atoms with Crippen LogP contribution in [-0.4, -0.2) is 11.9 Å². The van der Waals surface area contributed by atoms with Crippen molar-refractivity contribution in [2.75, 3.05) is 0 Å². The summed E-state index contributed by atoms with van der Waals surface area (Å²) in [5, 5.41) is 11.9. The topological polar surface area (TPSA) is 52.9 Å². The lowest BCUT2D eigenvalue weighted by Crippen LogP contribution is -2.37. The average Bonchev–Trinajstić information content (AvgIpc) is 2.63. The highest BCUT2D eigenvalue weighted by molar-refractivity contribution is 5.94. The number of benzene rings is 2. The summed E-state index contributed by atoms with van der Waals surface area (Å²) in [4.78, 5) is 12.3. The molecule has 2 aromatic carbocycles. The van der Waals surface area contributed by atoms with Crippen LogP contribution in [0.2, 0.25) is 0 Å². The number of carbonyl (C=O) groups is 1. The van der Waals surface area contributed by atoms with E-state index in [0.29, 0.717) is 17.0 Å². The van der Waals surface area contributed by atoms with Crippen LogP contribution < -0.4 is 5.32 Å². The quantitative estimate of drug-likeness (QED) is 0.931. The van der Waals surface area contributed by atoms with Crippen molar-refractivity contribution in [1.29, 1.82) is 5.26 Å². The molecule has 1 N–H and O–H groups in total. The summed E-state index contributed by atoms with van der Waals surface area (Å²) < 4.78 is 0. The minimum atomic E-state index is -0.0438. The maximum atomic E-state index is 12.3. The third-order valence-electron chi connectivity index (χ3n) is 4.61. The van der Waals surface area contributed by atoms with Gasteiger partial charge in [-0.05, 0) is 61.4 Å². The van der Waals surface area contributed by atoms with E-state index in [2.05, 4.69) is 35.7 Å². The van der Waals surface area contributed by atoms with Gasteiger partial charge in [0, 0.05) is 11.6 Å². The maximum Gasteiger partial charge on any atom is 0.251 e. The van der Waals surface area contributed by atoms with Crippen LogP contribution in [0.25, 0.3) is 0 Å². The zero-order chi connectivity index (χ0) is 16.1. The molecule has 0 bridgehead atoms. The lowest BCUT2D eigenvalue weighted by Gasteiger charge is -2.29. The van der Waals surface area contributed by atoms with E-state index in [1.165, 1.54) is 5.56 Å². The van der Waals surface area contributed by atoms with Crippen LogP contribution in [0.15, 0.2) is 54.6 Å². The van der Waals surface area contributed by atoms with Crippen molar-refractivity contribution in [3.63, 3.8) is 0 Å². The van der Waals surface area contributed by atoms with Crippen LogP contribution in [-0.2, 0) is 0 Å². The monoisotopic (exact) mass is 304 g/mol. The van der Waals surface area contributed by atoms with E-state index in [1.807, 2.05) is 6.07 Å². The Morgan fingerprint density at radius 2 is 1.61 bits per heavy atom. The number of nitriles is 1. The number of hydrogen-bond donors (Lipinski definition) is 1. The lowest BCUT2D eigenvalue weighted by atomic mass is 9.82. The van der Waals surface area contributed by atoms with Gasteiger partial charge in [0.2, 0.25) is 0 Å². The predicted octanol–water partition coefficient (Wildman–Crippen LogP) is 4.01. The van der Waals surface area contributed by atoms with Crippen molar-refractivity contribution in [2.45, 2.75) is 37.6 Å². The molecule has 3 heteroatoms. The van der Waals surface area contributed by atoms with Crippen LogP contribution in [0.1, 0.15) is 53.1 Å². The molecule has 1 aliphatic carbocycles. The molecule has 0 unspecified atom stereocenters. The number of amides is 1. The maximum absolute atomic E-state index is 12.3. The number of nitrogens with one attached hydrogen (secondary N) is 1. The van der Waals surface area contributed by atoms with Gasteiger partial charge in [-0.25, -0.2) is 0 Å². The zero-order valence-corrected chi connectivity index (χ0v) is 13.0. The minimum absolute atomic E-state index is 0.0438. The van der Waals surface area contributed by atoms with Gasteiger partial charge < -0.3 is 5.32 Å². The van der Waals surface area contributed by atoms with E-state index in [1.54, 1.807) is 24.3 Å². The fourth-order valence-electron chi connectivity index (χ4n) is 3.26. The Balaban J connectivity index is 1.54. The molecule has 0 aromatic heterocycles. The van der Waals surface area contributed by atoms with Crippen molar-refractivity contribution in [1.82, 2.24) is 5.32 Å². The largest absolute Gasteiger partial charge is 0.349 e. The zero-order valence-electron chi connectivity index (χ0n) is 13.0. The molecule has 23 heavy (non-hydrogen) atoms. The molecule has 1 aliphatic rings. The molecule has 0 radical (unpaired) electrons. The number of carbonyl (C=O) groups excluding carboxylic acids is 1. The molecule has 1 saturated carbocycles. The van der Waals surface area contributed by atoms with Gasteiger partial charge in [-0.15, -0.1) is 0 Å². The Kier molecular flexibility index (Phi) is 4.73. The van der Waals surface area contributed by atoms with Crippen LogP contribution in [0.3, 0.4) is 0 Å². The second kappa shape index (κ2) is 7.11. The second-order valence-electron chi connectivity index (χ2n) is 6.12. The van der Waals surface area contributed by atoms with Crippen molar-refractivity contribution >= 4 is 5.91 Å². The molecule has 1 fully saturated rings. The molecular formula is C20H20N2O. The standard InChI is InChI=1S/C20H20N2O/c21-14-15-6-8-18(9-7-15)20(23)22-19-12-10-17(11-13-19)16-4-2-1-3-5-16/h1-9,17,19H,10-13H2,(H,22,23). The highest BCUT2D eigenvalue weighted by Crippen LogP contribution is 2.32. The SMILES string of the molecule is N#Cc1ccc(C(=O)NC2CCC(c3ccccc3)CC2)cc1. The molecule has 3 rings (SSSR count). The van der Waals surface area contributed by atoms with Gasteiger partial charge in [-0.1, -0.05) is 30.3 Å². The molecule has 0 spiro atoms. The van der Waals surface area contributed by atoms with Crippen LogP contribution in [0.4, 0.5) is 0 Å². The summed E-state index contributed by atoms with van der Waals surface area (Å²) >= 11 is 0. The molecule has 0 saturated heterocycles. The normalized spacial score (nSPS) is 20.5. The minimum Gasteiger partial charge on any atom is -0.349 e. The van der Waals surface area contributed by atoms with E-state index in [0.717, 1.165) is 25.7 Å². The first-order valence-corrected chi connectivity index (χ1v) is 8.12. The van der Waals surface area contributed by atoms with Crippen molar-refractivity contribution in [2.24, 2.45) is 0 Å². The number of rotatable bonds is 3. The van der Waals surface area contributed by atoms with Crippen molar-refractivity contribution < 1.29 is 4.79 Å². The first kappa shape index (κ1) is 15.3. The van der Waals surface area contributed by atoms with Crippen molar-refractivity contribution in [3.05, 3.63) is 71.3 Å². The summed E-state index contributed by atoms with van der Waals surface area (Å²) in [6, 6.07) is 19.7. The van der Waals surface area contributed by atoms with Gasteiger partial charge in [0.05, 0.1) is 11.6 Å². The molecular weight excluding hydrogens is 284 g/mol. The van der Waals surface area contributed by atoms with E-state index >= 15 is 0 Å². The summed E-state index contributed by atoms with van der Waals surface area (Å²) in [5.41, 5.74) is 2.60. The van der Waals surface area contributed by atoms with Gasteiger partial charge >= 0.3 is 0 Å². The first-order chi connectivity index (χ1) is 11.3. The Hall–Kier alpha value is -2.60. The van der Waals surface area contributed by atoms with Gasteiger partial charge in [-0.3, -0.25) is 4.79 Å².